The molecule has 6 N–H and O–H groups in total. The summed E-state index contributed by atoms with van der Waals surface area (Å²) < 4.78 is 0. The van der Waals surface area contributed by atoms with Crippen molar-refractivity contribution in [1.82, 2.24) is 61.9 Å². The van der Waals surface area contributed by atoms with E-state index in [1.807, 2.05) is 0 Å². The minimum atomic E-state index is -0.962. The maximum atomic E-state index is 9.94. The Hall–Kier alpha value is -3.19. The molecule has 18 nitrogen and oxygen atoms in total. The zero-order chi connectivity index (χ0) is 20.1. The number of aliphatic carboxylic acids is 3. The Morgan fingerprint density at radius 2 is 0.857 bits per heavy atom. The van der Waals surface area contributed by atoms with Crippen LogP contribution >= 0.6 is 0 Å². The van der Waals surface area contributed by atoms with Crippen molar-refractivity contribution in [3.05, 3.63) is 17.5 Å². The van der Waals surface area contributed by atoms with Crippen LogP contribution in [0, 0.1) is 35.6 Å². The second-order valence-corrected chi connectivity index (χ2v) is 4.20. The van der Waals surface area contributed by atoms with E-state index in [-0.39, 0.29) is 72.3 Å². The number of tetrazole rings is 3. The van der Waals surface area contributed by atoms with Gasteiger partial charge in [0.2, 0.25) is 0 Å². The number of carboxylic acids is 3. The molecule has 0 aliphatic rings. The van der Waals surface area contributed by atoms with Crippen molar-refractivity contribution in [2.45, 2.75) is 19.3 Å². The molecule has 3 rings (SSSR count). The minimum Gasteiger partial charge on any atom is -0.481 e. The fraction of sp³-hybridized carbons (Fsp3) is 0.333. The second kappa shape index (κ2) is 13.9. The molecule has 0 saturated carbocycles. The molecule has 3 aromatic heterocycles. The van der Waals surface area contributed by atoms with Gasteiger partial charge in [-0.15, -0.1) is 30.6 Å². The van der Waals surface area contributed by atoms with Crippen molar-refractivity contribution in [3.63, 3.8) is 0 Å². The maximum Gasteiger partial charge on any atom is 0.311 e. The van der Waals surface area contributed by atoms with E-state index in [9.17, 15) is 14.4 Å². The molecule has 3 heterocycles. The van der Waals surface area contributed by atoms with E-state index in [0.29, 0.717) is 0 Å². The number of rotatable bonds is 6. The van der Waals surface area contributed by atoms with Gasteiger partial charge in [-0.25, -0.2) is 0 Å². The van der Waals surface area contributed by atoms with Crippen LogP contribution in [0.2, 0.25) is 0 Å². The van der Waals surface area contributed by atoms with Crippen LogP contribution in [-0.2, 0) is 33.6 Å². The van der Waals surface area contributed by atoms with Gasteiger partial charge in [0, 0.05) is 35.6 Å². The summed E-state index contributed by atoms with van der Waals surface area (Å²) in [7, 11) is 0. The molecule has 0 spiro atoms. The Morgan fingerprint density at radius 1 is 0.607 bits per heavy atom. The number of carbonyl (C=O) groups is 3. The fourth-order valence-corrected chi connectivity index (χ4v) is 1.18. The van der Waals surface area contributed by atoms with E-state index in [1.54, 1.807) is 0 Å². The molecule has 0 fully saturated rings. The van der Waals surface area contributed by atoms with Gasteiger partial charge in [-0.05, 0) is 0 Å². The summed E-state index contributed by atoms with van der Waals surface area (Å²) in [5.41, 5.74) is 0. The third-order valence-corrected chi connectivity index (χ3v) is 2.10. The van der Waals surface area contributed by atoms with Crippen LogP contribution in [0.1, 0.15) is 17.5 Å². The number of aromatic nitrogens is 12. The van der Waals surface area contributed by atoms with Crippen molar-refractivity contribution >= 4 is 17.9 Å². The first-order valence-corrected chi connectivity index (χ1v) is 6.69. The molecule has 0 unspecified atom stereocenters. The average Bonchev–Trinajstić information content (AvgIpc) is 3.30. The van der Waals surface area contributed by atoms with Gasteiger partial charge in [0.1, 0.15) is 19.3 Å². The SMILES string of the molecule is O=C(O)Cc1nn[nH]n1.O=C(O)Cc1nn[nH]n1.O=C(O)Cc1nn[nH]n1.[La]. The number of hydrogen-bond acceptors (Lipinski definition) is 12. The van der Waals surface area contributed by atoms with Crippen molar-refractivity contribution < 1.29 is 65.3 Å². The molecule has 0 atom stereocenters. The fourth-order valence-electron chi connectivity index (χ4n) is 1.18. The Bertz CT molecular complexity index is 697. The molecule has 0 amide bonds. The summed E-state index contributed by atoms with van der Waals surface area (Å²) in [5.74, 6) is -2.29. The first-order chi connectivity index (χ1) is 12.9. The van der Waals surface area contributed by atoms with Crippen LogP contribution in [0.3, 0.4) is 0 Å². The van der Waals surface area contributed by atoms with Gasteiger partial charge < -0.3 is 15.3 Å². The predicted octanol–water partition coefficient (Wildman–Crippen LogP) is -3.52. The second-order valence-electron chi connectivity index (χ2n) is 4.20. The predicted molar refractivity (Wildman–Crippen MR) is 76.6 cm³/mol. The Kier molecular flexibility index (Phi) is 12.4. The molecule has 0 aromatic carbocycles. The first-order valence-electron chi connectivity index (χ1n) is 6.69. The molecule has 0 saturated heterocycles. The van der Waals surface area contributed by atoms with E-state index in [0.717, 1.165) is 0 Å². The van der Waals surface area contributed by atoms with Crippen molar-refractivity contribution in [3.8, 4) is 0 Å². The largest absolute Gasteiger partial charge is 0.481 e. The van der Waals surface area contributed by atoms with Gasteiger partial charge >= 0.3 is 17.9 Å². The van der Waals surface area contributed by atoms with Crippen LogP contribution < -0.4 is 0 Å². The molecule has 19 heteroatoms. The number of aromatic amines is 3. The van der Waals surface area contributed by atoms with Gasteiger partial charge in [-0.3, -0.25) is 14.4 Å². The van der Waals surface area contributed by atoms with E-state index in [4.69, 9.17) is 15.3 Å². The number of nitrogens with one attached hydrogen (secondary N) is 3. The topological polar surface area (TPSA) is 275 Å². The molecule has 1 radical (unpaired) electrons. The summed E-state index contributed by atoms with van der Waals surface area (Å²) in [5, 5.41) is 61.0. The first kappa shape index (κ1) is 24.8. The smallest absolute Gasteiger partial charge is 0.311 e. The Labute approximate surface area is 181 Å². The quantitative estimate of drug-likeness (QED) is 0.183. The summed E-state index contributed by atoms with van der Waals surface area (Å²) in [6.45, 7) is 0. The average molecular weight is 523 g/mol. The normalized spacial score (nSPS) is 9.00. The Morgan fingerprint density at radius 3 is 1.00 bits per heavy atom. The van der Waals surface area contributed by atoms with E-state index >= 15 is 0 Å². The molecular formula is C9H12LaN12O6. The molecule has 0 aliphatic heterocycles. The molecular weight excluding hydrogens is 511 g/mol. The Balaban J connectivity index is 0.000000384. The summed E-state index contributed by atoms with van der Waals surface area (Å²) >= 11 is 0. The van der Waals surface area contributed by atoms with E-state index in [2.05, 4.69) is 61.9 Å². The summed E-state index contributed by atoms with van der Waals surface area (Å²) in [4.78, 5) is 29.8. The van der Waals surface area contributed by atoms with Crippen molar-refractivity contribution in [2.24, 2.45) is 0 Å². The number of hydrogen-bond donors (Lipinski definition) is 6. The van der Waals surface area contributed by atoms with Gasteiger partial charge in [0.25, 0.3) is 0 Å². The van der Waals surface area contributed by atoms with Gasteiger partial charge in [-0.2, -0.15) is 15.6 Å². The van der Waals surface area contributed by atoms with Crippen LogP contribution in [0.5, 0.6) is 0 Å². The molecule has 147 valence electrons. The summed E-state index contributed by atoms with van der Waals surface area (Å²) in [6, 6.07) is 0. The number of nitrogens with zero attached hydrogens (tertiary/aromatic N) is 9. The van der Waals surface area contributed by atoms with Crippen LogP contribution in [0.4, 0.5) is 0 Å². The van der Waals surface area contributed by atoms with E-state index < -0.39 is 17.9 Å². The zero-order valence-corrected chi connectivity index (χ0v) is 17.4. The standard InChI is InChI=1S/3C3H4N4O2.La/c3*8-3(9)1-2-4-6-7-5-2;/h3*1H2,(H,8,9)(H,4,5,6,7);. The monoisotopic (exact) mass is 523 g/mol. The van der Waals surface area contributed by atoms with Crippen LogP contribution in [0.15, 0.2) is 0 Å². The maximum absolute atomic E-state index is 9.94. The van der Waals surface area contributed by atoms with Gasteiger partial charge in [-0.1, -0.05) is 15.6 Å². The summed E-state index contributed by atoms with van der Waals surface area (Å²) in [6.07, 6.45) is -0.552. The third-order valence-electron chi connectivity index (χ3n) is 2.10. The van der Waals surface area contributed by atoms with Crippen molar-refractivity contribution in [1.29, 1.82) is 0 Å². The molecule has 28 heavy (non-hydrogen) atoms. The van der Waals surface area contributed by atoms with Gasteiger partial charge in [0.15, 0.2) is 17.5 Å². The zero-order valence-electron chi connectivity index (χ0n) is 13.8. The van der Waals surface area contributed by atoms with Crippen LogP contribution in [-0.4, -0.2) is 95.1 Å². The molecule has 0 aliphatic carbocycles. The van der Waals surface area contributed by atoms with E-state index in [1.165, 1.54) is 0 Å². The minimum absolute atomic E-state index is 0. The van der Waals surface area contributed by atoms with Gasteiger partial charge in [0.05, 0.1) is 0 Å². The number of carboxylic acid groups (broad SMARTS) is 3. The molecule has 0 bridgehead atoms. The van der Waals surface area contributed by atoms with Crippen LogP contribution in [0.25, 0.3) is 0 Å². The number of H-pyrrole nitrogens is 3. The third kappa shape index (κ3) is 12.2. The van der Waals surface area contributed by atoms with Crippen molar-refractivity contribution in [2.75, 3.05) is 0 Å². The molecule has 3 aromatic rings.